The van der Waals surface area contributed by atoms with Crippen molar-refractivity contribution in [1.82, 2.24) is 0 Å². The third-order valence-electron chi connectivity index (χ3n) is 1.01. The van der Waals surface area contributed by atoms with E-state index in [-0.39, 0.29) is 26.4 Å². The lowest BCUT2D eigenvalue weighted by molar-refractivity contribution is 0.0177. The van der Waals surface area contributed by atoms with E-state index in [0.717, 1.165) is 6.07 Å². The van der Waals surface area contributed by atoms with Gasteiger partial charge in [0.2, 0.25) is 6.50 Å². The van der Waals surface area contributed by atoms with Crippen LogP contribution in [0.15, 0.2) is 0 Å². The number of hydrogen-bond acceptors (Lipinski definition) is 4. The van der Waals surface area contributed by atoms with Crippen molar-refractivity contribution in [3.63, 3.8) is 0 Å². The average Bonchev–Trinajstić information content (AvgIpc) is 2.45. The molecule has 0 aliphatic carbocycles. The molecule has 0 aliphatic heterocycles. The van der Waals surface area contributed by atoms with Crippen LogP contribution in [0.25, 0.3) is 4.85 Å². The number of nitrogens with zero attached hydrogens (tertiary/aromatic N) is 2. The van der Waals surface area contributed by atoms with Crippen molar-refractivity contribution >= 4 is 0 Å². The van der Waals surface area contributed by atoms with Gasteiger partial charge >= 0.3 is 0 Å². The first-order chi connectivity index (χ1) is 10.3. The Balaban J connectivity index is 4.02. The van der Waals surface area contributed by atoms with Gasteiger partial charge in [-0.2, -0.15) is 5.26 Å². The summed E-state index contributed by atoms with van der Waals surface area (Å²) in [6.07, 6.45) is -2.82. The second-order valence-corrected chi connectivity index (χ2v) is 1.97. The second-order valence-electron chi connectivity index (χ2n) is 1.97. The van der Waals surface area contributed by atoms with Crippen LogP contribution in [0.1, 0.15) is 17.3 Å². The largest absolute Gasteiger partial charge is 0.378 e. The van der Waals surface area contributed by atoms with E-state index in [1.807, 2.05) is 0 Å². The van der Waals surface area contributed by atoms with Crippen LogP contribution in [0.2, 0.25) is 0 Å². The quantitative estimate of drug-likeness (QED) is 0.405. The molecule has 0 atom stereocenters. The summed E-state index contributed by atoms with van der Waals surface area (Å²) in [5, 5.41) is 8.48. The third-order valence-corrected chi connectivity index (χ3v) is 1.01. The minimum Gasteiger partial charge on any atom is -0.378 e. The van der Waals surface area contributed by atoms with E-state index in [2.05, 4.69) is 14.3 Å². The van der Waals surface area contributed by atoms with Crippen molar-refractivity contribution in [3.8, 4) is 6.07 Å². The number of nitriles is 1. The normalized spacial score (nSPS) is 21.2. The molecular weight excluding hydrogens is 196 g/mol. The molecule has 5 nitrogen and oxygen atoms in total. The first-order valence-electron chi connectivity index (χ1n) is 7.98. The van der Waals surface area contributed by atoms with Crippen molar-refractivity contribution < 1.29 is 25.2 Å². The van der Waals surface area contributed by atoms with Gasteiger partial charge in [0.1, 0.15) is 9.30 Å². The zero-order valence-electron chi connectivity index (χ0n) is 15.9. The lowest BCUT2D eigenvalue weighted by Gasteiger charge is -2.04. The molecule has 0 bridgehead atoms. The Hall–Kier alpha value is -1.14. The highest BCUT2D eigenvalue weighted by molar-refractivity contribution is 4.66. The van der Waals surface area contributed by atoms with Crippen molar-refractivity contribution in [2.75, 3.05) is 46.0 Å². The molecule has 0 unspecified atom stereocenters. The summed E-state index contributed by atoms with van der Waals surface area (Å²) in [6.45, 7) is -2.98. The van der Waals surface area contributed by atoms with E-state index in [1.54, 1.807) is 0 Å². The molecule has 0 aromatic rings. The summed E-state index contributed by atoms with van der Waals surface area (Å²) < 4.78 is 71.7. The lowest BCUT2D eigenvalue weighted by atomic mass is 10.5. The summed E-state index contributed by atoms with van der Waals surface area (Å²) in [5.74, 6) is 0. The Bertz CT molecular complexity index is 430. The van der Waals surface area contributed by atoms with Crippen LogP contribution in [0.4, 0.5) is 0 Å². The van der Waals surface area contributed by atoms with Gasteiger partial charge in [0, 0.05) is 2.74 Å². The first kappa shape index (κ1) is 5.27. The first-order valence-corrected chi connectivity index (χ1v) is 3.98. The van der Waals surface area contributed by atoms with Crippen LogP contribution in [-0.2, 0) is 14.2 Å². The van der Waals surface area contributed by atoms with Crippen LogP contribution in [0, 0.1) is 17.9 Å². The Morgan fingerprint density at radius 2 is 1.73 bits per heavy atom. The summed E-state index contributed by atoms with van der Waals surface area (Å²) >= 11 is 0. The molecule has 0 fully saturated rings. The molecular formula is C10H16N2O3. The Morgan fingerprint density at radius 1 is 1.13 bits per heavy atom. The monoisotopic (exact) mass is 220 g/mol. The van der Waals surface area contributed by atoms with Gasteiger partial charge in [-0.3, -0.25) is 0 Å². The molecule has 0 saturated heterocycles. The molecule has 0 heterocycles. The van der Waals surface area contributed by atoms with Crippen LogP contribution < -0.4 is 0 Å². The molecule has 0 aromatic carbocycles. The van der Waals surface area contributed by atoms with Gasteiger partial charge in [-0.1, -0.05) is 0 Å². The molecule has 0 rings (SSSR count). The Morgan fingerprint density at radius 3 is 2.33 bits per heavy atom. The van der Waals surface area contributed by atoms with E-state index < -0.39 is 26.0 Å². The summed E-state index contributed by atoms with van der Waals surface area (Å²) in [5.41, 5.74) is 0. The van der Waals surface area contributed by atoms with E-state index in [9.17, 15) is 0 Å². The van der Waals surface area contributed by atoms with Gasteiger partial charge in [-0.15, -0.1) is 0 Å². The average molecular weight is 220 g/mol. The molecule has 0 aromatic heterocycles. The van der Waals surface area contributed by atoms with Crippen LogP contribution in [0.5, 0.6) is 0 Å². The highest BCUT2D eigenvalue weighted by Crippen LogP contribution is 1.83. The highest BCUT2D eigenvalue weighted by Gasteiger charge is 1.91. The fourth-order valence-corrected chi connectivity index (χ4v) is 0.519. The molecule has 0 amide bonds. The van der Waals surface area contributed by atoms with Gasteiger partial charge in [-0.25, -0.2) is 6.57 Å². The van der Waals surface area contributed by atoms with Crippen LogP contribution in [0.3, 0.4) is 0 Å². The van der Waals surface area contributed by atoms with Crippen LogP contribution >= 0.6 is 0 Å². The maximum atomic E-state index is 8.48. The third kappa shape index (κ3) is 12.9. The topological polar surface area (TPSA) is 55.8 Å². The standard InChI is InChI=1S/C10H16N2O3/c1-12-4-6-14-8-10-15-9-7-13-5-2-3-11/h2,4-10H2/i2D2,4D2,5D2,6D2. The molecule has 0 aliphatic rings. The minimum atomic E-state index is -2.84. The summed E-state index contributed by atoms with van der Waals surface area (Å²) in [6, 6.07) is 1.15. The summed E-state index contributed by atoms with van der Waals surface area (Å²) in [7, 11) is 0. The van der Waals surface area contributed by atoms with Crippen molar-refractivity contribution in [3.05, 3.63) is 11.4 Å². The minimum absolute atomic E-state index is 0.176. The molecule has 0 spiro atoms. The fourth-order valence-electron chi connectivity index (χ4n) is 0.519. The smallest absolute Gasteiger partial charge is 0.237 e. The molecule has 0 radical (unpaired) electrons. The van der Waals surface area contributed by atoms with E-state index >= 15 is 0 Å². The Labute approximate surface area is 102 Å². The Kier molecular flexibility index (Phi) is 4.52. The van der Waals surface area contributed by atoms with Crippen LogP contribution in [-0.4, -0.2) is 46.0 Å². The van der Waals surface area contributed by atoms with Gasteiger partial charge in [0.15, 0.2) is 0 Å². The SMILES string of the molecule is [2H]C([2H])(C#N)C([2H])([2H])OCCOCCOC([2H])([2H])C([2H])([2H])[N+]#[C-]. The molecule has 84 valence electrons. The van der Waals surface area contributed by atoms with Crippen molar-refractivity contribution in [1.29, 1.82) is 5.26 Å². The van der Waals surface area contributed by atoms with E-state index in [0.29, 0.717) is 0 Å². The van der Waals surface area contributed by atoms with Crippen molar-refractivity contribution in [2.24, 2.45) is 0 Å². The summed E-state index contributed by atoms with van der Waals surface area (Å²) in [4.78, 5) is 2.50. The molecule has 5 heteroatoms. The number of hydrogen-bond donors (Lipinski definition) is 0. The van der Waals surface area contributed by atoms with Gasteiger partial charge < -0.3 is 19.1 Å². The lowest BCUT2D eigenvalue weighted by Crippen LogP contribution is -2.10. The zero-order chi connectivity index (χ0) is 18.4. The second kappa shape index (κ2) is 12.9. The maximum absolute atomic E-state index is 8.48. The predicted molar refractivity (Wildman–Crippen MR) is 54.2 cm³/mol. The van der Waals surface area contributed by atoms with Crippen molar-refractivity contribution in [2.45, 2.75) is 6.37 Å². The van der Waals surface area contributed by atoms with E-state index in [4.69, 9.17) is 27.5 Å². The van der Waals surface area contributed by atoms with Gasteiger partial charge in [0.05, 0.1) is 50.9 Å². The fraction of sp³-hybridized carbons (Fsp3) is 0.800. The molecule has 0 saturated carbocycles. The highest BCUT2D eigenvalue weighted by atomic mass is 16.5. The van der Waals surface area contributed by atoms with Gasteiger partial charge in [-0.05, 0) is 0 Å². The predicted octanol–water partition coefficient (Wildman–Crippen LogP) is 0.869. The molecule has 0 N–H and O–H groups in total. The van der Waals surface area contributed by atoms with E-state index in [1.165, 1.54) is 0 Å². The van der Waals surface area contributed by atoms with Gasteiger partial charge in [0.25, 0.3) is 0 Å². The number of rotatable bonds is 10. The zero-order valence-corrected chi connectivity index (χ0v) is 7.95. The molecule has 15 heavy (non-hydrogen) atoms. The number of ether oxygens (including phenoxy) is 3. The maximum Gasteiger partial charge on any atom is 0.237 e.